The van der Waals surface area contributed by atoms with E-state index >= 15 is 0 Å². The second-order valence-electron chi connectivity index (χ2n) is 3.76. The van der Waals surface area contributed by atoms with E-state index in [9.17, 15) is 13.3 Å². The molecule has 4 nitrogen and oxygen atoms in total. The minimum atomic E-state index is -4.32. The molecular formula is C14H11F2O4P. The number of hydrogen-bond acceptors (Lipinski definition) is 4. The molecule has 0 N–H and O–H groups in total. The molecular weight excluding hydrogens is 301 g/mol. The van der Waals surface area contributed by atoms with Gasteiger partial charge in [0.05, 0.1) is 6.26 Å². The zero-order valence-electron chi connectivity index (χ0n) is 10.7. The van der Waals surface area contributed by atoms with Crippen molar-refractivity contribution in [2.75, 3.05) is 0 Å². The second-order valence-corrected chi connectivity index (χ2v) is 5.23. The van der Waals surface area contributed by atoms with E-state index in [4.69, 9.17) is 9.05 Å². The molecule has 21 heavy (non-hydrogen) atoms. The van der Waals surface area contributed by atoms with Crippen LogP contribution in [0.2, 0.25) is 0 Å². The van der Waals surface area contributed by atoms with Gasteiger partial charge in [-0.2, -0.15) is 4.57 Å². The first-order chi connectivity index (χ1) is 10.0. The van der Waals surface area contributed by atoms with Crippen LogP contribution in [0.5, 0.6) is 11.5 Å². The number of phosphoric acid groups is 1. The monoisotopic (exact) mass is 312 g/mol. The van der Waals surface area contributed by atoms with E-state index < -0.39 is 19.5 Å². The van der Waals surface area contributed by atoms with Gasteiger partial charge in [0.25, 0.3) is 0 Å². The maximum Gasteiger partial charge on any atom is 0.646 e. The summed E-state index contributed by atoms with van der Waals surface area (Å²) < 4.78 is 54.0. The Morgan fingerprint density at radius 1 is 0.905 bits per heavy atom. The Morgan fingerprint density at radius 3 is 1.71 bits per heavy atom. The molecule has 0 amide bonds. The predicted molar refractivity (Wildman–Crippen MR) is 72.9 cm³/mol. The molecule has 2 aromatic rings. The Kier molecular flexibility index (Phi) is 4.60. The highest BCUT2D eigenvalue weighted by atomic mass is 31.2. The van der Waals surface area contributed by atoms with Gasteiger partial charge in [-0.3, -0.25) is 0 Å². The first-order valence-electron chi connectivity index (χ1n) is 5.82. The van der Waals surface area contributed by atoms with Crippen LogP contribution in [0.15, 0.2) is 61.4 Å². The van der Waals surface area contributed by atoms with Gasteiger partial charge in [-0.1, -0.05) is 30.8 Å². The van der Waals surface area contributed by atoms with Crippen molar-refractivity contribution in [3.8, 4) is 11.5 Å². The van der Waals surface area contributed by atoms with Gasteiger partial charge in [-0.25, -0.2) is 8.78 Å². The van der Waals surface area contributed by atoms with Gasteiger partial charge in [0.15, 0.2) is 23.1 Å². The normalized spacial score (nSPS) is 10.8. The maximum absolute atomic E-state index is 13.5. The van der Waals surface area contributed by atoms with Crippen molar-refractivity contribution in [2.24, 2.45) is 0 Å². The van der Waals surface area contributed by atoms with Gasteiger partial charge in [0, 0.05) is 0 Å². The van der Waals surface area contributed by atoms with Crippen molar-refractivity contribution in [1.82, 2.24) is 0 Å². The third kappa shape index (κ3) is 3.83. The summed E-state index contributed by atoms with van der Waals surface area (Å²) in [6.45, 7) is 3.23. The van der Waals surface area contributed by atoms with E-state index in [1.807, 2.05) is 0 Å². The molecule has 0 radical (unpaired) electrons. The fourth-order valence-corrected chi connectivity index (χ4v) is 2.52. The third-order valence-corrected chi connectivity index (χ3v) is 3.55. The lowest BCUT2D eigenvalue weighted by molar-refractivity contribution is 0.265. The van der Waals surface area contributed by atoms with Crippen LogP contribution in [-0.4, -0.2) is 0 Å². The number of para-hydroxylation sites is 2. The zero-order valence-corrected chi connectivity index (χ0v) is 11.6. The van der Waals surface area contributed by atoms with Crippen LogP contribution in [0, 0.1) is 11.6 Å². The minimum absolute atomic E-state index is 0.348. The molecule has 2 aromatic carbocycles. The van der Waals surface area contributed by atoms with Gasteiger partial charge < -0.3 is 13.6 Å². The molecule has 0 aromatic heterocycles. The van der Waals surface area contributed by atoms with Gasteiger partial charge >= 0.3 is 7.82 Å². The predicted octanol–water partition coefficient (Wildman–Crippen LogP) is 4.69. The van der Waals surface area contributed by atoms with Gasteiger partial charge in [-0.05, 0) is 24.3 Å². The quantitative estimate of drug-likeness (QED) is 0.573. The average molecular weight is 312 g/mol. The van der Waals surface area contributed by atoms with E-state index in [1.165, 1.54) is 36.4 Å². The fourth-order valence-electron chi connectivity index (χ4n) is 1.43. The number of benzene rings is 2. The lowest BCUT2D eigenvalue weighted by Crippen LogP contribution is -2.04. The molecule has 0 aliphatic rings. The molecule has 0 saturated carbocycles. The van der Waals surface area contributed by atoms with Crippen molar-refractivity contribution in [3.05, 3.63) is 73.0 Å². The van der Waals surface area contributed by atoms with Gasteiger partial charge in [-0.15, -0.1) is 0 Å². The van der Waals surface area contributed by atoms with Gasteiger partial charge in [0.2, 0.25) is 0 Å². The highest BCUT2D eigenvalue weighted by Crippen LogP contribution is 2.50. The summed E-state index contributed by atoms with van der Waals surface area (Å²) >= 11 is 0. The largest absolute Gasteiger partial charge is 0.646 e. The van der Waals surface area contributed by atoms with E-state index in [1.54, 1.807) is 0 Å². The number of halogens is 2. The van der Waals surface area contributed by atoms with Crippen LogP contribution < -0.4 is 9.05 Å². The SMILES string of the molecule is C=COP(=O)(Oc1ccccc1F)Oc1ccccc1F. The van der Waals surface area contributed by atoms with Crippen LogP contribution in [0.3, 0.4) is 0 Å². The molecule has 0 fully saturated rings. The highest BCUT2D eigenvalue weighted by Gasteiger charge is 2.33. The summed E-state index contributed by atoms with van der Waals surface area (Å²) in [6, 6.07) is 10.5. The maximum atomic E-state index is 13.5. The summed E-state index contributed by atoms with van der Waals surface area (Å²) in [5.41, 5.74) is 0. The summed E-state index contributed by atoms with van der Waals surface area (Å²) in [6.07, 6.45) is 0.808. The van der Waals surface area contributed by atoms with Crippen molar-refractivity contribution < 1.29 is 26.9 Å². The molecule has 0 saturated heterocycles. The van der Waals surface area contributed by atoms with Crippen LogP contribution >= 0.6 is 7.82 Å². The lowest BCUT2D eigenvalue weighted by atomic mass is 10.3. The van der Waals surface area contributed by atoms with Crippen molar-refractivity contribution >= 4 is 7.82 Å². The summed E-state index contributed by atoms with van der Waals surface area (Å²) in [7, 11) is -4.32. The number of hydrogen-bond donors (Lipinski definition) is 0. The summed E-state index contributed by atoms with van der Waals surface area (Å²) in [5, 5.41) is 0. The molecule has 110 valence electrons. The molecule has 2 rings (SSSR count). The Labute approximate surface area is 120 Å². The molecule has 0 heterocycles. The van der Waals surface area contributed by atoms with E-state index in [0.717, 1.165) is 18.4 Å². The fraction of sp³-hybridized carbons (Fsp3) is 0. The molecule has 0 aliphatic heterocycles. The standard InChI is InChI=1S/C14H11F2O4P/c1-2-18-21(17,19-13-9-5-3-7-11(13)15)20-14-10-6-4-8-12(14)16/h2-10H,1H2. The second kappa shape index (κ2) is 6.41. The molecule has 0 bridgehead atoms. The summed E-state index contributed by atoms with van der Waals surface area (Å²) in [4.78, 5) is 0. The Hall–Kier alpha value is -2.33. The van der Waals surface area contributed by atoms with E-state index in [0.29, 0.717) is 0 Å². The lowest BCUT2D eigenvalue weighted by Gasteiger charge is -2.17. The van der Waals surface area contributed by atoms with E-state index in [-0.39, 0.29) is 11.5 Å². The number of phosphoric ester groups is 1. The Morgan fingerprint density at radius 2 is 1.33 bits per heavy atom. The van der Waals surface area contributed by atoms with Crippen molar-refractivity contribution in [3.63, 3.8) is 0 Å². The smallest absolute Gasteiger partial charge is 0.395 e. The average Bonchev–Trinajstić information content (AvgIpc) is 2.44. The molecule has 0 unspecified atom stereocenters. The van der Waals surface area contributed by atoms with Crippen LogP contribution in [0.4, 0.5) is 8.78 Å². The zero-order chi connectivity index (χ0) is 15.3. The highest BCUT2D eigenvalue weighted by molar-refractivity contribution is 7.49. The minimum Gasteiger partial charge on any atom is -0.395 e. The Balaban J connectivity index is 2.29. The van der Waals surface area contributed by atoms with Crippen LogP contribution in [-0.2, 0) is 9.09 Å². The van der Waals surface area contributed by atoms with Crippen LogP contribution in [0.25, 0.3) is 0 Å². The Bertz CT molecular complexity index is 639. The summed E-state index contributed by atoms with van der Waals surface area (Å²) in [5.74, 6) is -2.22. The van der Waals surface area contributed by atoms with Gasteiger partial charge in [0.1, 0.15) is 0 Å². The van der Waals surface area contributed by atoms with Crippen molar-refractivity contribution in [1.29, 1.82) is 0 Å². The topological polar surface area (TPSA) is 44.8 Å². The van der Waals surface area contributed by atoms with Crippen LogP contribution in [0.1, 0.15) is 0 Å². The molecule has 0 atom stereocenters. The van der Waals surface area contributed by atoms with E-state index in [2.05, 4.69) is 11.1 Å². The molecule has 0 spiro atoms. The van der Waals surface area contributed by atoms with Crippen molar-refractivity contribution in [2.45, 2.75) is 0 Å². The third-order valence-electron chi connectivity index (χ3n) is 2.30. The number of rotatable bonds is 6. The first-order valence-corrected chi connectivity index (χ1v) is 7.28. The molecule has 0 aliphatic carbocycles. The molecule has 7 heteroatoms. The first kappa shape index (κ1) is 15.1.